The molecule has 29 heavy (non-hydrogen) atoms. The fraction of sp³-hybridized carbons (Fsp3) is 0.348. The van der Waals surface area contributed by atoms with Gasteiger partial charge in [-0.05, 0) is 23.6 Å². The number of hydrogen-bond acceptors (Lipinski definition) is 5. The first-order valence-electron chi connectivity index (χ1n) is 9.64. The van der Waals surface area contributed by atoms with E-state index in [1.165, 1.54) is 0 Å². The van der Waals surface area contributed by atoms with Crippen LogP contribution in [0.3, 0.4) is 0 Å². The lowest BCUT2D eigenvalue weighted by Crippen LogP contribution is -2.90. The second-order valence-electron chi connectivity index (χ2n) is 8.19. The van der Waals surface area contributed by atoms with E-state index in [1.54, 1.807) is 0 Å². The van der Waals surface area contributed by atoms with Crippen molar-refractivity contribution in [2.24, 2.45) is 16.6 Å². The quantitative estimate of drug-likeness (QED) is 0.808. The average Bonchev–Trinajstić information content (AvgIpc) is 2.92. The Morgan fingerprint density at radius 1 is 1.03 bits per heavy atom. The Morgan fingerprint density at radius 2 is 1.69 bits per heavy atom. The van der Waals surface area contributed by atoms with Crippen LogP contribution in [0.4, 0.5) is 0 Å². The number of amidine groups is 1. The topological polar surface area (TPSA) is 106 Å². The van der Waals surface area contributed by atoms with Crippen LogP contribution in [0.2, 0.25) is 0 Å². The predicted octanol–water partition coefficient (Wildman–Crippen LogP) is 1.19. The van der Waals surface area contributed by atoms with Gasteiger partial charge in [0.2, 0.25) is 0 Å². The van der Waals surface area contributed by atoms with E-state index in [0.29, 0.717) is 6.61 Å². The van der Waals surface area contributed by atoms with Crippen molar-refractivity contribution < 1.29 is 14.5 Å². The molecule has 0 bridgehead atoms. The summed E-state index contributed by atoms with van der Waals surface area (Å²) in [5, 5.41) is 20.6. The molecule has 1 spiro atoms. The van der Waals surface area contributed by atoms with Crippen molar-refractivity contribution in [3.63, 3.8) is 0 Å². The molecule has 5 rings (SSSR count). The summed E-state index contributed by atoms with van der Waals surface area (Å²) in [6.07, 6.45) is -0.208. The molecular formula is C23H21N4O2+. The first kappa shape index (κ1) is 17.9. The second-order valence-corrected chi connectivity index (χ2v) is 8.19. The molecule has 144 valence electrons. The highest BCUT2D eigenvalue weighted by Gasteiger charge is 3.03. The van der Waals surface area contributed by atoms with E-state index < -0.39 is 22.2 Å². The number of benzene rings is 2. The highest BCUT2D eigenvalue weighted by molar-refractivity contribution is 5.97. The zero-order valence-electron chi connectivity index (χ0n) is 16.3. The number of nitriles is 2. The Labute approximate surface area is 169 Å². The molecule has 2 aromatic rings. The molecule has 2 heterocycles. The van der Waals surface area contributed by atoms with Gasteiger partial charge in [-0.3, -0.25) is 5.73 Å². The van der Waals surface area contributed by atoms with Crippen LogP contribution in [0.25, 0.3) is 11.1 Å². The Bertz CT molecular complexity index is 1120. The van der Waals surface area contributed by atoms with Gasteiger partial charge in [0.25, 0.3) is 5.84 Å². The molecule has 2 aliphatic heterocycles. The van der Waals surface area contributed by atoms with E-state index >= 15 is 0 Å². The molecule has 0 aromatic heterocycles. The third-order valence-electron chi connectivity index (χ3n) is 6.99. The Morgan fingerprint density at radius 3 is 2.24 bits per heavy atom. The Balaban J connectivity index is 1.65. The van der Waals surface area contributed by atoms with Crippen LogP contribution in [-0.4, -0.2) is 24.5 Å². The lowest BCUT2D eigenvalue weighted by Gasteiger charge is -2.27. The van der Waals surface area contributed by atoms with Gasteiger partial charge in [0.05, 0.1) is 30.3 Å². The van der Waals surface area contributed by atoms with Crippen molar-refractivity contribution >= 4 is 5.84 Å². The van der Waals surface area contributed by atoms with Gasteiger partial charge in [0.15, 0.2) is 10.8 Å². The minimum atomic E-state index is -1.42. The molecule has 3 aliphatic rings. The van der Waals surface area contributed by atoms with Crippen molar-refractivity contribution in [2.45, 2.75) is 31.3 Å². The minimum absolute atomic E-state index is 0.208. The largest absolute Gasteiger partial charge is 0.344 e. The van der Waals surface area contributed by atoms with Crippen LogP contribution >= 0.6 is 0 Å². The predicted molar refractivity (Wildman–Crippen MR) is 105 cm³/mol. The molecule has 5 atom stereocenters. The molecule has 6 nitrogen and oxygen atoms in total. The number of nitrogens with zero attached hydrogens (tertiary/aromatic N) is 2. The van der Waals surface area contributed by atoms with Crippen molar-refractivity contribution in [2.75, 3.05) is 6.61 Å². The number of fused-ring (bicyclic) bond motifs is 2. The van der Waals surface area contributed by atoms with Gasteiger partial charge in [0.1, 0.15) is 0 Å². The highest BCUT2D eigenvalue weighted by atomic mass is 16.8. The zero-order chi connectivity index (χ0) is 20.5. The van der Waals surface area contributed by atoms with Crippen LogP contribution < -0.4 is 10.7 Å². The van der Waals surface area contributed by atoms with E-state index in [1.807, 2.05) is 68.4 Å². The third-order valence-corrected chi connectivity index (χ3v) is 6.99. The van der Waals surface area contributed by atoms with Crippen molar-refractivity contribution in [3.05, 3.63) is 60.2 Å². The summed E-state index contributed by atoms with van der Waals surface area (Å²) in [4.78, 5) is 3.01. The van der Waals surface area contributed by atoms with Crippen molar-refractivity contribution in [1.29, 1.82) is 10.5 Å². The van der Waals surface area contributed by atoms with Crippen molar-refractivity contribution in [3.8, 4) is 23.3 Å². The van der Waals surface area contributed by atoms with E-state index in [0.717, 1.165) is 16.7 Å². The average molecular weight is 385 g/mol. The maximum atomic E-state index is 10.4. The fourth-order valence-electron chi connectivity index (χ4n) is 5.56. The van der Waals surface area contributed by atoms with Gasteiger partial charge < -0.3 is 9.47 Å². The number of rotatable bonds is 2. The Hall–Kier alpha value is -3.19. The van der Waals surface area contributed by atoms with Crippen LogP contribution in [0.1, 0.15) is 19.4 Å². The van der Waals surface area contributed by atoms with Crippen LogP contribution in [0.15, 0.2) is 54.6 Å². The van der Waals surface area contributed by atoms with E-state index in [-0.39, 0.29) is 11.9 Å². The maximum Gasteiger partial charge on any atom is 0.344 e. The van der Waals surface area contributed by atoms with Crippen LogP contribution in [-0.2, 0) is 14.9 Å². The van der Waals surface area contributed by atoms with E-state index in [4.69, 9.17) is 15.2 Å². The molecule has 3 N–H and O–H groups in total. The fourth-order valence-corrected chi connectivity index (χ4v) is 5.56. The molecule has 2 fully saturated rings. The summed E-state index contributed by atoms with van der Waals surface area (Å²) in [5.74, 6) is -1.20. The molecule has 2 aromatic carbocycles. The van der Waals surface area contributed by atoms with Gasteiger partial charge in [-0.15, -0.1) is 0 Å². The number of nitrogens with one attached hydrogen (secondary N) is 1. The summed E-state index contributed by atoms with van der Waals surface area (Å²) in [5.41, 5.74) is 5.95. The highest BCUT2D eigenvalue weighted by Crippen LogP contribution is 2.82. The number of ether oxygens (including phenoxy) is 2. The summed E-state index contributed by atoms with van der Waals surface area (Å²) in [7, 11) is 0. The van der Waals surface area contributed by atoms with Gasteiger partial charge in [0, 0.05) is 0 Å². The molecule has 1 saturated carbocycles. The van der Waals surface area contributed by atoms with Gasteiger partial charge in [-0.2, -0.15) is 10.5 Å². The van der Waals surface area contributed by atoms with Gasteiger partial charge in [-0.25, -0.2) is 4.99 Å². The summed E-state index contributed by atoms with van der Waals surface area (Å²) >= 11 is 0. The minimum Gasteiger partial charge on any atom is -0.311 e. The standard InChI is InChI=1S/C23H20N4O2/c1-15-12-28-23(29-15)22(14-25)20(2,21(22,13-24)19(26)27-23)18-10-8-17(9-11-18)16-6-4-3-5-7-16/h3-11,15H,12H2,1-2H3,(H2,26,27)/p+1/t15-,20+,21+,22-,23+/m1/s1. The number of nitrogens with two attached hydrogens (primary N) is 1. The molecule has 0 radical (unpaired) electrons. The summed E-state index contributed by atoms with van der Waals surface area (Å²) < 4.78 is 12.0. The molecule has 1 aliphatic carbocycles. The molecule has 0 amide bonds. The third kappa shape index (κ3) is 1.71. The van der Waals surface area contributed by atoms with Crippen LogP contribution in [0, 0.1) is 33.5 Å². The van der Waals surface area contributed by atoms with E-state index in [9.17, 15) is 10.5 Å². The second kappa shape index (κ2) is 5.45. The molecule has 0 unspecified atom stereocenters. The van der Waals surface area contributed by atoms with Crippen molar-refractivity contribution in [1.82, 2.24) is 0 Å². The lowest BCUT2D eigenvalue weighted by molar-refractivity contribution is -0.679. The van der Waals surface area contributed by atoms with E-state index in [2.05, 4.69) is 17.1 Å². The van der Waals surface area contributed by atoms with Crippen LogP contribution in [0.5, 0.6) is 0 Å². The smallest absolute Gasteiger partial charge is 0.311 e. The van der Waals surface area contributed by atoms with Gasteiger partial charge >= 0.3 is 5.91 Å². The monoisotopic (exact) mass is 385 g/mol. The molecule has 1 saturated heterocycles. The normalized spacial score (nSPS) is 39.4. The maximum absolute atomic E-state index is 10.4. The molecule has 6 heteroatoms. The van der Waals surface area contributed by atoms with Gasteiger partial charge in [-0.1, -0.05) is 61.5 Å². The molecular weight excluding hydrogens is 364 g/mol. The number of hydrogen-bond donors (Lipinski definition) is 2. The zero-order valence-corrected chi connectivity index (χ0v) is 16.3. The summed E-state index contributed by atoms with van der Waals surface area (Å²) in [6.45, 7) is 4.11. The summed E-state index contributed by atoms with van der Waals surface area (Å²) in [6, 6.07) is 22.7. The SMILES string of the molecule is C[C@@H]1CO[C@]2([NH+]=C(N)[C@@]3(C#N)[C@](C)(c4ccc(-c5ccccc5)cc4)[C@@]23C#N)O1. The lowest BCUT2D eigenvalue weighted by atomic mass is 9.84. The first-order chi connectivity index (χ1) is 13.9. The first-order valence-corrected chi connectivity index (χ1v) is 9.64. The Kier molecular flexibility index (Phi) is 3.36.